The van der Waals surface area contributed by atoms with E-state index in [0.29, 0.717) is 25.3 Å². The average molecular weight is 238 g/mol. The first kappa shape index (κ1) is 13.4. The highest BCUT2D eigenvalue weighted by Gasteiger charge is 2.05. The van der Waals surface area contributed by atoms with E-state index in [0.717, 1.165) is 6.42 Å². The van der Waals surface area contributed by atoms with Crippen molar-refractivity contribution in [1.82, 2.24) is 9.88 Å². The van der Waals surface area contributed by atoms with Crippen molar-refractivity contribution >= 4 is 5.91 Å². The van der Waals surface area contributed by atoms with Crippen LogP contribution < -0.4 is 10.9 Å². The van der Waals surface area contributed by atoms with Gasteiger partial charge in [-0.05, 0) is 19.4 Å². The van der Waals surface area contributed by atoms with E-state index in [9.17, 15) is 9.59 Å². The number of aromatic nitrogens is 1. The van der Waals surface area contributed by atoms with Gasteiger partial charge in [-0.2, -0.15) is 0 Å². The number of methoxy groups -OCH3 is 1. The molecule has 0 saturated heterocycles. The maximum absolute atomic E-state index is 11.6. The molecule has 1 aromatic heterocycles. The zero-order valence-corrected chi connectivity index (χ0v) is 10.2. The second kappa shape index (κ2) is 6.85. The molecule has 0 radical (unpaired) electrons. The fraction of sp³-hybridized carbons (Fsp3) is 0.500. The molecule has 0 aromatic carbocycles. The maximum atomic E-state index is 11.6. The molecule has 0 spiro atoms. The molecule has 5 heteroatoms. The van der Waals surface area contributed by atoms with Crippen molar-refractivity contribution in [2.75, 3.05) is 20.3 Å². The summed E-state index contributed by atoms with van der Waals surface area (Å²) in [6, 6.07) is 2.96. The molecular weight excluding hydrogens is 220 g/mol. The Hall–Kier alpha value is -1.62. The van der Waals surface area contributed by atoms with Crippen LogP contribution >= 0.6 is 0 Å². The van der Waals surface area contributed by atoms with Crippen LogP contribution in [0.2, 0.25) is 0 Å². The lowest BCUT2D eigenvalue weighted by atomic mass is 10.2. The van der Waals surface area contributed by atoms with Crippen molar-refractivity contribution < 1.29 is 9.53 Å². The topological polar surface area (TPSA) is 60.3 Å². The van der Waals surface area contributed by atoms with Crippen LogP contribution in [0.25, 0.3) is 0 Å². The predicted octanol–water partition coefficient (Wildman–Crippen LogP) is 0.635. The number of amides is 1. The largest absolute Gasteiger partial charge is 0.385 e. The highest BCUT2D eigenvalue weighted by molar-refractivity contribution is 5.93. The van der Waals surface area contributed by atoms with Gasteiger partial charge in [0.15, 0.2) is 0 Å². The van der Waals surface area contributed by atoms with Gasteiger partial charge < -0.3 is 14.6 Å². The van der Waals surface area contributed by atoms with Gasteiger partial charge in [-0.3, -0.25) is 9.59 Å². The zero-order chi connectivity index (χ0) is 12.7. The van der Waals surface area contributed by atoms with Crippen molar-refractivity contribution in [3.05, 3.63) is 34.2 Å². The number of carbonyl (C=O) groups is 1. The van der Waals surface area contributed by atoms with Gasteiger partial charge in [0.1, 0.15) is 0 Å². The van der Waals surface area contributed by atoms with Gasteiger partial charge in [-0.1, -0.05) is 0 Å². The Morgan fingerprint density at radius 1 is 1.47 bits per heavy atom. The van der Waals surface area contributed by atoms with Gasteiger partial charge in [0, 0.05) is 39.1 Å². The molecule has 1 amide bonds. The quantitative estimate of drug-likeness (QED) is 0.740. The van der Waals surface area contributed by atoms with Crippen LogP contribution in [-0.2, 0) is 11.3 Å². The Labute approximate surface area is 100 Å². The lowest BCUT2D eigenvalue weighted by molar-refractivity contribution is 0.0955. The van der Waals surface area contributed by atoms with Gasteiger partial charge in [-0.15, -0.1) is 0 Å². The SMILES string of the molecule is CCNC(=O)c1ccc(=O)n(CCCOC)c1. The second-order valence-corrected chi connectivity index (χ2v) is 3.66. The third-order valence-electron chi connectivity index (χ3n) is 2.33. The predicted molar refractivity (Wildman–Crippen MR) is 65.2 cm³/mol. The standard InChI is InChI=1S/C12H18N2O3/c1-3-13-12(16)10-5-6-11(15)14(9-10)7-4-8-17-2/h5-6,9H,3-4,7-8H2,1-2H3,(H,13,16). The number of nitrogens with one attached hydrogen (secondary N) is 1. The zero-order valence-electron chi connectivity index (χ0n) is 10.2. The maximum Gasteiger partial charge on any atom is 0.252 e. The number of nitrogens with zero attached hydrogens (tertiary/aromatic N) is 1. The van der Waals surface area contributed by atoms with Gasteiger partial charge in [-0.25, -0.2) is 0 Å². The first-order valence-corrected chi connectivity index (χ1v) is 5.66. The van der Waals surface area contributed by atoms with Crippen LogP contribution in [-0.4, -0.2) is 30.7 Å². The molecule has 94 valence electrons. The molecule has 0 atom stereocenters. The molecule has 0 saturated carbocycles. The number of aryl methyl sites for hydroxylation is 1. The third-order valence-corrected chi connectivity index (χ3v) is 2.33. The molecule has 0 bridgehead atoms. The van der Waals surface area contributed by atoms with E-state index < -0.39 is 0 Å². The van der Waals surface area contributed by atoms with Crippen LogP contribution in [0.3, 0.4) is 0 Å². The van der Waals surface area contributed by atoms with Crippen LogP contribution in [0, 0.1) is 0 Å². The summed E-state index contributed by atoms with van der Waals surface area (Å²) >= 11 is 0. The van der Waals surface area contributed by atoms with E-state index in [1.807, 2.05) is 6.92 Å². The minimum Gasteiger partial charge on any atom is -0.385 e. The Balaban J connectivity index is 2.79. The van der Waals surface area contributed by atoms with Crippen molar-refractivity contribution in [3.63, 3.8) is 0 Å². The first-order chi connectivity index (χ1) is 8.19. The lowest BCUT2D eigenvalue weighted by Gasteiger charge is -2.07. The van der Waals surface area contributed by atoms with Crippen LogP contribution in [0.1, 0.15) is 23.7 Å². The third kappa shape index (κ3) is 4.03. The number of rotatable bonds is 6. The van der Waals surface area contributed by atoms with E-state index in [4.69, 9.17) is 4.74 Å². The van der Waals surface area contributed by atoms with E-state index in [2.05, 4.69) is 5.32 Å². The van der Waals surface area contributed by atoms with Crippen molar-refractivity contribution in [2.45, 2.75) is 19.9 Å². The highest BCUT2D eigenvalue weighted by atomic mass is 16.5. The minimum absolute atomic E-state index is 0.103. The van der Waals surface area contributed by atoms with Crippen LogP contribution in [0.5, 0.6) is 0 Å². The normalized spacial score (nSPS) is 10.2. The summed E-state index contributed by atoms with van der Waals surface area (Å²) in [6.45, 7) is 3.58. The molecule has 0 aliphatic rings. The Kier molecular flexibility index (Phi) is 5.42. The number of ether oxygens (including phenoxy) is 1. The molecule has 1 N–H and O–H groups in total. The van der Waals surface area contributed by atoms with Gasteiger partial charge in [0.05, 0.1) is 5.56 Å². The summed E-state index contributed by atoms with van der Waals surface area (Å²) in [4.78, 5) is 23.1. The monoisotopic (exact) mass is 238 g/mol. The summed E-state index contributed by atoms with van der Waals surface area (Å²) in [6.07, 6.45) is 2.33. The molecule has 0 fully saturated rings. The minimum atomic E-state index is -0.159. The molecule has 1 heterocycles. The lowest BCUT2D eigenvalue weighted by Crippen LogP contribution is -2.26. The molecule has 5 nitrogen and oxygen atoms in total. The fourth-order valence-electron chi connectivity index (χ4n) is 1.48. The van der Waals surface area contributed by atoms with Gasteiger partial charge >= 0.3 is 0 Å². The van der Waals surface area contributed by atoms with Gasteiger partial charge in [0.2, 0.25) is 0 Å². The molecule has 17 heavy (non-hydrogen) atoms. The average Bonchev–Trinajstić information content (AvgIpc) is 2.32. The van der Waals surface area contributed by atoms with Crippen molar-refractivity contribution in [1.29, 1.82) is 0 Å². The van der Waals surface area contributed by atoms with E-state index >= 15 is 0 Å². The number of pyridine rings is 1. The molecule has 1 aromatic rings. The molecule has 0 aliphatic heterocycles. The van der Waals surface area contributed by atoms with E-state index in [1.165, 1.54) is 10.6 Å². The smallest absolute Gasteiger partial charge is 0.252 e. The Morgan fingerprint density at radius 3 is 2.88 bits per heavy atom. The Morgan fingerprint density at radius 2 is 2.24 bits per heavy atom. The molecule has 1 rings (SSSR count). The number of carbonyl (C=O) groups excluding carboxylic acids is 1. The van der Waals surface area contributed by atoms with E-state index in [1.54, 1.807) is 19.4 Å². The van der Waals surface area contributed by atoms with Crippen molar-refractivity contribution in [2.24, 2.45) is 0 Å². The van der Waals surface area contributed by atoms with Crippen molar-refractivity contribution in [3.8, 4) is 0 Å². The summed E-state index contributed by atoms with van der Waals surface area (Å²) in [7, 11) is 1.62. The second-order valence-electron chi connectivity index (χ2n) is 3.66. The molecule has 0 unspecified atom stereocenters. The number of hydrogen-bond donors (Lipinski definition) is 1. The summed E-state index contributed by atoms with van der Waals surface area (Å²) in [5.74, 6) is -0.159. The summed E-state index contributed by atoms with van der Waals surface area (Å²) < 4.78 is 6.46. The Bertz CT molecular complexity index is 426. The van der Waals surface area contributed by atoms with Crippen LogP contribution in [0.4, 0.5) is 0 Å². The fourth-order valence-corrected chi connectivity index (χ4v) is 1.48. The first-order valence-electron chi connectivity index (χ1n) is 5.66. The highest BCUT2D eigenvalue weighted by Crippen LogP contribution is 1.97. The molecular formula is C12H18N2O3. The van der Waals surface area contributed by atoms with Crippen LogP contribution in [0.15, 0.2) is 23.1 Å². The summed E-state index contributed by atoms with van der Waals surface area (Å²) in [5, 5.41) is 2.70. The number of hydrogen-bond acceptors (Lipinski definition) is 3. The molecule has 0 aliphatic carbocycles. The van der Waals surface area contributed by atoms with Gasteiger partial charge in [0.25, 0.3) is 11.5 Å². The van der Waals surface area contributed by atoms with E-state index in [-0.39, 0.29) is 11.5 Å². The summed E-state index contributed by atoms with van der Waals surface area (Å²) in [5.41, 5.74) is 0.401.